The Morgan fingerprint density at radius 2 is 1.76 bits per heavy atom. The Balaban J connectivity index is 2.34. The lowest BCUT2D eigenvalue weighted by Gasteiger charge is -2.20. The first-order valence-corrected chi connectivity index (χ1v) is 6.72. The van der Waals surface area contributed by atoms with Gasteiger partial charge in [0.25, 0.3) is 0 Å². The van der Waals surface area contributed by atoms with E-state index in [-0.39, 0.29) is 16.9 Å². The van der Waals surface area contributed by atoms with E-state index in [1.165, 1.54) is 19.2 Å². The van der Waals surface area contributed by atoms with Gasteiger partial charge >= 0.3 is 0 Å². The van der Waals surface area contributed by atoms with Crippen molar-refractivity contribution < 1.29 is 13.9 Å². The van der Waals surface area contributed by atoms with E-state index < -0.39 is 5.82 Å². The molecule has 0 fully saturated rings. The number of nitrogen functional groups attached to an aromatic ring is 1. The minimum atomic E-state index is -0.519. The van der Waals surface area contributed by atoms with E-state index in [1.54, 1.807) is 6.07 Å². The number of rotatable bonds is 3. The van der Waals surface area contributed by atoms with E-state index in [0.717, 1.165) is 5.56 Å². The monoisotopic (exact) mass is 289 g/mol. The fourth-order valence-corrected chi connectivity index (χ4v) is 1.96. The molecule has 2 aromatic rings. The molecule has 0 spiro atoms. The molecular weight excluding hydrogens is 269 g/mol. The van der Waals surface area contributed by atoms with E-state index in [4.69, 9.17) is 15.2 Å². The topological polar surface area (TPSA) is 44.5 Å². The average Bonchev–Trinajstić information content (AvgIpc) is 2.41. The molecule has 0 aliphatic rings. The van der Waals surface area contributed by atoms with Crippen LogP contribution in [0.1, 0.15) is 26.3 Å². The zero-order valence-electron chi connectivity index (χ0n) is 12.7. The van der Waals surface area contributed by atoms with Gasteiger partial charge in [-0.3, -0.25) is 0 Å². The summed E-state index contributed by atoms with van der Waals surface area (Å²) >= 11 is 0. The van der Waals surface area contributed by atoms with Gasteiger partial charge in [0.15, 0.2) is 11.6 Å². The van der Waals surface area contributed by atoms with Crippen LogP contribution in [0.5, 0.6) is 17.2 Å². The molecule has 0 aliphatic heterocycles. The molecule has 0 heterocycles. The number of benzene rings is 2. The van der Waals surface area contributed by atoms with Crippen LogP contribution in [0, 0.1) is 5.82 Å². The first-order valence-electron chi connectivity index (χ1n) is 6.72. The van der Waals surface area contributed by atoms with Crippen LogP contribution in [0.15, 0.2) is 36.4 Å². The molecule has 0 saturated heterocycles. The van der Waals surface area contributed by atoms with Gasteiger partial charge in [0.2, 0.25) is 0 Å². The number of anilines is 1. The van der Waals surface area contributed by atoms with Crippen LogP contribution < -0.4 is 15.2 Å². The molecule has 0 aromatic heterocycles. The van der Waals surface area contributed by atoms with Gasteiger partial charge in [0.05, 0.1) is 12.8 Å². The van der Waals surface area contributed by atoms with E-state index >= 15 is 0 Å². The van der Waals surface area contributed by atoms with Crippen molar-refractivity contribution in [1.29, 1.82) is 0 Å². The SMILES string of the molecule is COc1cc(Oc2cccc(C(C)(C)C)c2)c(F)cc1N. The Morgan fingerprint density at radius 1 is 1.05 bits per heavy atom. The van der Waals surface area contributed by atoms with Crippen LogP contribution in [-0.2, 0) is 5.41 Å². The highest BCUT2D eigenvalue weighted by Gasteiger charge is 2.15. The van der Waals surface area contributed by atoms with Crippen LogP contribution in [0.4, 0.5) is 10.1 Å². The van der Waals surface area contributed by atoms with E-state index in [2.05, 4.69) is 20.8 Å². The largest absolute Gasteiger partial charge is 0.494 e. The first kappa shape index (κ1) is 15.2. The Hall–Kier alpha value is -2.23. The van der Waals surface area contributed by atoms with Crippen molar-refractivity contribution in [3.8, 4) is 17.2 Å². The lowest BCUT2D eigenvalue weighted by molar-refractivity contribution is 0.402. The summed E-state index contributed by atoms with van der Waals surface area (Å²) in [6, 6.07) is 10.3. The predicted molar refractivity (Wildman–Crippen MR) is 82.6 cm³/mol. The summed E-state index contributed by atoms with van der Waals surface area (Å²) in [5, 5.41) is 0. The summed E-state index contributed by atoms with van der Waals surface area (Å²) in [4.78, 5) is 0. The lowest BCUT2D eigenvalue weighted by atomic mass is 9.87. The maximum absolute atomic E-state index is 13.9. The number of hydrogen-bond donors (Lipinski definition) is 1. The third-order valence-electron chi connectivity index (χ3n) is 3.21. The van der Waals surface area contributed by atoms with Gasteiger partial charge < -0.3 is 15.2 Å². The van der Waals surface area contributed by atoms with Gasteiger partial charge in [-0.1, -0.05) is 32.9 Å². The molecular formula is C17H20FNO2. The van der Waals surface area contributed by atoms with Crippen molar-refractivity contribution in [2.75, 3.05) is 12.8 Å². The predicted octanol–water partition coefficient (Wildman–Crippen LogP) is 4.51. The molecule has 0 amide bonds. The summed E-state index contributed by atoms with van der Waals surface area (Å²) in [6.45, 7) is 6.33. The highest BCUT2D eigenvalue weighted by atomic mass is 19.1. The zero-order valence-corrected chi connectivity index (χ0v) is 12.7. The fourth-order valence-electron chi connectivity index (χ4n) is 1.96. The van der Waals surface area contributed by atoms with Gasteiger partial charge in [-0.2, -0.15) is 0 Å². The second-order valence-electron chi connectivity index (χ2n) is 5.90. The molecule has 4 heteroatoms. The van der Waals surface area contributed by atoms with Crippen LogP contribution in [0.3, 0.4) is 0 Å². The molecule has 0 bridgehead atoms. The Kier molecular flexibility index (Phi) is 4.07. The van der Waals surface area contributed by atoms with Crippen LogP contribution in [0.2, 0.25) is 0 Å². The van der Waals surface area contributed by atoms with Crippen molar-refractivity contribution in [3.05, 3.63) is 47.8 Å². The molecule has 0 saturated carbocycles. The van der Waals surface area contributed by atoms with Gasteiger partial charge in [0.1, 0.15) is 11.5 Å². The molecule has 0 aliphatic carbocycles. The summed E-state index contributed by atoms with van der Waals surface area (Å²) in [7, 11) is 1.48. The van der Waals surface area contributed by atoms with Gasteiger partial charge in [-0.15, -0.1) is 0 Å². The third kappa shape index (κ3) is 3.45. The van der Waals surface area contributed by atoms with Crippen molar-refractivity contribution in [2.45, 2.75) is 26.2 Å². The van der Waals surface area contributed by atoms with Crippen molar-refractivity contribution in [1.82, 2.24) is 0 Å². The molecule has 0 unspecified atom stereocenters. The average molecular weight is 289 g/mol. The third-order valence-corrected chi connectivity index (χ3v) is 3.21. The van der Waals surface area contributed by atoms with Gasteiger partial charge in [0, 0.05) is 12.1 Å². The minimum Gasteiger partial charge on any atom is -0.494 e. The maximum atomic E-state index is 13.9. The number of ether oxygens (including phenoxy) is 2. The van der Waals surface area contributed by atoms with Crippen LogP contribution in [-0.4, -0.2) is 7.11 Å². The quantitative estimate of drug-likeness (QED) is 0.846. The first-order chi connectivity index (χ1) is 9.81. The van der Waals surface area contributed by atoms with E-state index in [1.807, 2.05) is 18.2 Å². The standard InChI is InChI=1S/C17H20FNO2/c1-17(2,3)11-6-5-7-12(8-11)21-15-10-16(20-4)14(19)9-13(15)18/h5-10H,19H2,1-4H3. The summed E-state index contributed by atoms with van der Waals surface area (Å²) < 4.78 is 24.6. The van der Waals surface area contributed by atoms with E-state index in [9.17, 15) is 4.39 Å². The maximum Gasteiger partial charge on any atom is 0.168 e. The molecule has 0 radical (unpaired) electrons. The number of hydrogen-bond acceptors (Lipinski definition) is 3. The molecule has 3 nitrogen and oxygen atoms in total. The number of nitrogens with two attached hydrogens (primary N) is 1. The van der Waals surface area contributed by atoms with Crippen LogP contribution >= 0.6 is 0 Å². The highest BCUT2D eigenvalue weighted by molar-refractivity contribution is 5.56. The fraction of sp³-hybridized carbons (Fsp3) is 0.294. The molecule has 2 rings (SSSR count). The number of methoxy groups -OCH3 is 1. The normalized spacial score (nSPS) is 11.3. The van der Waals surface area contributed by atoms with Gasteiger partial charge in [-0.05, 0) is 23.1 Å². The molecule has 2 N–H and O–H groups in total. The van der Waals surface area contributed by atoms with Gasteiger partial charge in [-0.25, -0.2) is 4.39 Å². The zero-order chi connectivity index (χ0) is 15.6. The van der Waals surface area contributed by atoms with Crippen molar-refractivity contribution in [3.63, 3.8) is 0 Å². The summed E-state index contributed by atoms with van der Waals surface area (Å²) in [6.07, 6.45) is 0. The molecule has 21 heavy (non-hydrogen) atoms. The molecule has 2 aromatic carbocycles. The highest BCUT2D eigenvalue weighted by Crippen LogP contribution is 2.34. The second-order valence-corrected chi connectivity index (χ2v) is 5.90. The molecule has 0 atom stereocenters. The van der Waals surface area contributed by atoms with Crippen molar-refractivity contribution >= 4 is 5.69 Å². The summed E-state index contributed by atoms with van der Waals surface area (Å²) in [5.41, 5.74) is 7.01. The lowest BCUT2D eigenvalue weighted by Crippen LogP contribution is -2.10. The Morgan fingerprint density at radius 3 is 2.38 bits per heavy atom. The van der Waals surface area contributed by atoms with Crippen LogP contribution in [0.25, 0.3) is 0 Å². The Bertz CT molecular complexity index is 648. The Labute approximate surface area is 124 Å². The smallest absolute Gasteiger partial charge is 0.168 e. The molecule has 112 valence electrons. The number of halogens is 1. The minimum absolute atomic E-state index is 0.00325. The summed E-state index contributed by atoms with van der Waals surface area (Å²) in [5.74, 6) is 0.535. The second kappa shape index (κ2) is 5.64. The van der Waals surface area contributed by atoms with Crippen molar-refractivity contribution in [2.24, 2.45) is 0 Å². The van der Waals surface area contributed by atoms with E-state index in [0.29, 0.717) is 11.5 Å².